The minimum atomic E-state index is -0.833. The van der Waals surface area contributed by atoms with Crippen LogP contribution < -0.4 is 16.4 Å². The molecular formula is C29H36N6O2. The number of nitrogens with zero attached hydrogens (tertiary/aromatic N) is 5. The second kappa shape index (κ2) is 10.7. The number of nitrogens with two attached hydrogens (primary N) is 1. The van der Waals surface area contributed by atoms with E-state index in [0.29, 0.717) is 25.0 Å². The van der Waals surface area contributed by atoms with Crippen molar-refractivity contribution in [2.24, 2.45) is 16.8 Å². The number of benzene rings is 2. The van der Waals surface area contributed by atoms with Crippen molar-refractivity contribution in [2.45, 2.75) is 70.9 Å². The summed E-state index contributed by atoms with van der Waals surface area (Å²) in [6.45, 7) is 4.85. The Bertz CT molecular complexity index is 1320. The van der Waals surface area contributed by atoms with E-state index in [0.717, 1.165) is 36.1 Å². The van der Waals surface area contributed by atoms with E-state index in [-0.39, 0.29) is 11.6 Å². The fourth-order valence-electron chi connectivity index (χ4n) is 5.53. The topological polar surface area (TPSA) is 98.5 Å². The first-order chi connectivity index (χ1) is 18.0. The van der Waals surface area contributed by atoms with Crippen LogP contribution in [0.4, 0.5) is 5.95 Å². The van der Waals surface area contributed by atoms with Gasteiger partial charge in [-0.2, -0.15) is 5.10 Å². The van der Waals surface area contributed by atoms with Gasteiger partial charge in [-0.1, -0.05) is 80.8 Å². The number of aromatic nitrogens is 3. The molecule has 37 heavy (non-hydrogen) atoms. The zero-order valence-corrected chi connectivity index (χ0v) is 21.7. The molecule has 2 N–H and O–H groups in total. The van der Waals surface area contributed by atoms with Crippen molar-refractivity contribution in [1.82, 2.24) is 14.3 Å². The van der Waals surface area contributed by atoms with Gasteiger partial charge in [-0.25, -0.2) is 19.1 Å². The maximum atomic E-state index is 13.5. The summed E-state index contributed by atoms with van der Waals surface area (Å²) in [7, 11) is 0. The van der Waals surface area contributed by atoms with Gasteiger partial charge in [0.05, 0.1) is 12.3 Å². The van der Waals surface area contributed by atoms with Crippen molar-refractivity contribution < 1.29 is 4.79 Å². The average Bonchev–Trinajstić information content (AvgIpc) is 3.51. The highest BCUT2D eigenvalue weighted by molar-refractivity contribution is 6.07. The molecule has 2 heterocycles. The number of rotatable bonds is 8. The Morgan fingerprint density at radius 3 is 2.41 bits per heavy atom. The predicted octanol–water partition coefficient (Wildman–Crippen LogP) is 4.24. The first kappa shape index (κ1) is 25.0. The minimum absolute atomic E-state index is 0.00962. The molecule has 1 amide bonds. The lowest BCUT2D eigenvalue weighted by Crippen LogP contribution is -2.35. The molecule has 3 aromatic rings. The fraction of sp³-hybridized carbons (Fsp3) is 0.448. The molecule has 1 aromatic heterocycles. The second-order valence-corrected chi connectivity index (χ2v) is 10.3. The van der Waals surface area contributed by atoms with Crippen LogP contribution in [-0.2, 0) is 17.8 Å². The van der Waals surface area contributed by atoms with Gasteiger partial charge in [0.2, 0.25) is 11.9 Å². The molecule has 8 heteroatoms. The van der Waals surface area contributed by atoms with Crippen molar-refractivity contribution in [3.05, 3.63) is 81.8 Å². The number of hydrogen-bond acceptors (Lipinski definition) is 5. The van der Waals surface area contributed by atoms with Gasteiger partial charge in [0.25, 0.3) is 0 Å². The van der Waals surface area contributed by atoms with E-state index >= 15 is 0 Å². The Kier molecular flexibility index (Phi) is 7.26. The third kappa shape index (κ3) is 5.10. The monoisotopic (exact) mass is 500 g/mol. The van der Waals surface area contributed by atoms with Gasteiger partial charge in [-0.15, -0.1) is 5.10 Å². The largest absolute Gasteiger partial charge is 0.368 e. The molecule has 2 unspecified atom stereocenters. The number of aryl methyl sites for hydroxylation is 1. The summed E-state index contributed by atoms with van der Waals surface area (Å²) in [4.78, 5) is 25.7. The van der Waals surface area contributed by atoms with Crippen LogP contribution in [-0.4, -0.2) is 32.5 Å². The molecule has 1 fully saturated rings. The number of primary amides is 1. The van der Waals surface area contributed by atoms with Crippen molar-refractivity contribution in [2.75, 3.05) is 11.6 Å². The Balaban J connectivity index is 1.57. The molecule has 0 saturated heterocycles. The molecule has 0 bridgehead atoms. The van der Waals surface area contributed by atoms with Crippen molar-refractivity contribution in [3.8, 4) is 0 Å². The van der Waals surface area contributed by atoms with Crippen LogP contribution in [0, 0.1) is 5.92 Å². The lowest BCUT2D eigenvalue weighted by atomic mass is 9.89. The van der Waals surface area contributed by atoms with Crippen LogP contribution in [0.25, 0.3) is 0 Å². The summed E-state index contributed by atoms with van der Waals surface area (Å²) in [5, 5.41) is 11.5. The standard InChI is InChI=1S/C29H36N6O2/c1-3-21-14-16-24(17-15-21)26-25(23-12-8-5-9-13-23)19-33(31-26)28-32-34(18-22-10-6-4-7-11-22)29(37)35(28)20(2)27(30)36/h5,8-9,12-17,20,22,25H,3-4,6-7,10-11,18-19H2,1-2H3,(H2,30,36). The lowest BCUT2D eigenvalue weighted by Gasteiger charge is -2.20. The van der Waals surface area contributed by atoms with E-state index < -0.39 is 11.9 Å². The molecule has 194 valence electrons. The van der Waals surface area contributed by atoms with Crippen LogP contribution in [0.15, 0.2) is 64.5 Å². The Morgan fingerprint density at radius 1 is 1.05 bits per heavy atom. The maximum Gasteiger partial charge on any atom is 0.348 e. The van der Waals surface area contributed by atoms with Gasteiger partial charge in [0.1, 0.15) is 6.04 Å². The SMILES string of the molecule is CCc1ccc(C2=NN(c3nn(CC4CCCCC4)c(=O)n3C(C)C(N)=O)CC2c2ccccc2)cc1. The molecule has 5 rings (SSSR count). The van der Waals surface area contributed by atoms with E-state index in [2.05, 4.69) is 43.3 Å². The van der Waals surface area contributed by atoms with Gasteiger partial charge in [0.15, 0.2) is 0 Å². The highest BCUT2D eigenvalue weighted by Gasteiger charge is 2.35. The van der Waals surface area contributed by atoms with E-state index in [1.54, 1.807) is 11.9 Å². The number of amides is 1. The highest BCUT2D eigenvalue weighted by Crippen LogP contribution is 2.32. The van der Waals surface area contributed by atoms with Crippen LogP contribution in [0.1, 0.15) is 74.6 Å². The summed E-state index contributed by atoms with van der Waals surface area (Å²) in [5.41, 5.74) is 9.72. The van der Waals surface area contributed by atoms with Crippen molar-refractivity contribution in [1.29, 1.82) is 0 Å². The molecule has 1 aliphatic heterocycles. The van der Waals surface area contributed by atoms with Crippen LogP contribution in [0.3, 0.4) is 0 Å². The molecule has 2 aromatic carbocycles. The molecule has 2 atom stereocenters. The van der Waals surface area contributed by atoms with E-state index in [1.807, 2.05) is 18.2 Å². The molecule has 8 nitrogen and oxygen atoms in total. The Morgan fingerprint density at radius 2 is 1.76 bits per heavy atom. The summed E-state index contributed by atoms with van der Waals surface area (Å²) in [6.07, 6.45) is 6.76. The third-order valence-electron chi connectivity index (χ3n) is 7.81. The summed E-state index contributed by atoms with van der Waals surface area (Å²) >= 11 is 0. The molecule has 2 aliphatic rings. The molecule has 1 aliphatic carbocycles. The van der Waals surface area contributed by atoms with Gasteiger partial charge in [-0.05, 0) is 48.8 Å². The van der Waals surface area contributed by atoms with Gasteiger partial charge in [-0.3, -0.25) is 4.79 Å². The smallest absolute Gasteiger partial charge is 0.348 e. The molecule has 0 radical (unpaired) electrons. The summed E-state index contributed by atoms with van der Waals surface area (Å²) in [6, 6.07) is 17.9. The Labute approximate surface area is 217 Å². The summed E-state index contributed by atoms with van der Waals surface area (Å²) < 4.78 is 2.94. The van der Waals surface area contributed by atoms with Gasteiger partial charge >= 0.3 is 5.69 Å². The number of hydrazone groups is 1. The molecule has 0 spiro atoms. The maximum absolute atomic E-state index is 13.5. The third-order valence-corrected chi connectivity index (χ3v) is 7.81. The zero-order chi connectivity index (χ0) is 25.9. The van der Waals surface area contributed by atoms with Gasteiger partial charge < -0.3 is 5.73 Å². The fourth-order valence-corrected chi connectivity index (χ4v) is 5.53. The van der Waals surface area contributed by atoms with E-state index in [4.69, 9.17) is 15.9 Å². The summed E-state index contributed by atoms with van der Waals surface area (Å²) in [5.74, 6) is 0.204. The number of anilines is 1. The van der Waals surface area contributed by atoms with Crippen LogP contribution >= 0.6 is 0 Å². The van der Waals surface area contributed by atoms with Gasteiger partial charge in [0, 0.05) is 12.5 Å². The number of carbonyl (C=O) groups excluding carboxylic acids is 1. The van der Waals surface area contributed by atoms with E-state index in [9.17, 15) is 9.59 Å². The average molecular weight is 501 g/mol. The molecular weight excluding hydrogens is 464 g/mol. The van der Waals surface area contributed by atoms with Crippen molar-refractivity contribution in [3.63, 3.8) is 0 Å². The molecule has 1 saturated carbocycles. The minimum Gasteiger partial charge on any atom is -0.368 e. The Hall–Kier alpha value is -3.68. The number of carbonyl (C=O) groups is 1. The van der Waals surface area contributed by atoms with Crippen LogP contribution in [0.2, 0.25) is 0 Å². The van der Waals surface area contributed by atoms with Crippen molar-refractivity contribution >= 4 is 17.6 Å². The zero-order valence-electron chi connectivity index (χ0n) is 21.7. The lowest BCUT2D eigenvalue weighted by molar-refractivity contribution is -0.120. The first-order valence-corrected chi connectivity index (χ1v) is 13.4. The quantitative estimate of drug-likeness (QED) is 0.500. The predicted molar refractivity (Wildman–Crippen MR) is 146 cm³/mol. The van der Waals surface area contributed by atoms with Crippen LogP contribution in [0.5, 0.6) is 0 Å². The second-order valence-electron chi connectivity index (χ2n) is 10.3. The first-order valence-electron chi connectivity index (χ1n) is 13.4. The normalized spacial score (nSPS) is 19.1. The highest BCUT2D eigenvalue weighted by atomic mass is 16.2. The number of hydrogen-bond donors (Lipinski definition) is 1. The van der Waals surface area contributed by atoms with E-state index in [1.165, 1.54) is 34.1 Å².